The van der Waals surface area contributed by atoms with Gasteiger partial charge in [0.15, 0.2) is 5.82 Å². The smallest absolute Gasteiger partial charge is 0.162 e. The fraction of sp³-hybridized carbons (Fsp3) is 0.350. The molecule has 0 saturated carbocycles. The Bertz CT molecular complexity index is 899. The molecule has 1 aliphatic rings. The van der Waals surface area contributed by atoms with Crippen molar-refractivity contribution in [2.75, 3.05) is 38.3 Å². The second kappa shape index (κ2) is 7.21. The van der Waals surface area contributed by atoms with Crippen molar-refractivity contribution in [1.29, 1.82) is 0 Å². The van der Waals surface area contributed by atoms with E-state index in [0.717, 1.165) is 41.2 Å². The van der Waals surface area contributed by atoms with Crippen molar-refractivity contribution in [3.05, 3.63) is 48.8 Å². The predicted molar refractivity (Wildman–Crippen MR) is 110 cm³/mol. The molecule has 5 nitrogen and oxygen atoms in total. The minimum atomic E-state index is 0.517. The minimum Gasteiger partial charge on any atom is -0.353 e. The highest BCUT2D eigenvalue weighted by molar-refractivity contribution is 7.99. The summed E-state index contributed by atoms with van der Waals surface area (Å²) < 4.78 is 0. The molecule has 1 aromatic carbocycles. The largest absolute Gasteiger partial charge is 0.353 e. The summed E-state index contributed by atoms with van der Waals surface area (Å²) in [6, 6.07) is 12.7. The van der Waals surface area contributed by atoms with Gasteiger partial charge in [-0.2, -0.15) is 11.8 Å². The number of aromatic nitrogens is 3. The Kier molecular flexibility index (Phi) is 4.78. The molecule has 0 aliphatic carbocycles. The van der Waals surface area contributed by atoms with Crippen LogP contribution in [0.4, 0.5) is 5.82 Å². The van der Waals surface area contributed by atoms with Gasteiger partial charge in [-0.1, -0.05) is 12.1 Å². The first-order valence-electron chi connectivity index (χ1n) is 8.78. The van der Waals surface area contributed by atoms with Crippen molar-refractivity contribution in [2.45, 2.75) is 11.3 Å². The van der Waals surface area contributed by atoms with E-state index in [-0.39, 0.29) is 0 Å². The Morgan fingerprint density at radius 2 is 1.81 bits per heavy atom. The van der Waals surface area contributed by atoms with Gasteiger partial charge in [0.25, 0.3) is 0 Å². The van der Waals surface area contributed by atoms with Crippen molar-refractivity contribution < 1.29 is 0 Å². The molecule has 0 radical (unpaired) electrons. The first-order chi connectivity index (χ1) is 12.7. The monoisotopic (exact) mass is 365 g/mol. The molecule has 0 spiro atoms. The summed E-state index contributed by atoms with van der Waals surface area (Å²) in [4.78, 5) is 18.6. The molecule has 0 amide bonds. The topological polar surface area (TPSA) is 45.2 Å². The van der Waals surface area contributed by atoms with Crippen molar-refractivity contribution in [1.82, 2.24) is 19.9 Å². The quantitative estimate of drug-likeness (QED) is 0.708. The number of hydrogen-bond acceptors (Lipinski definition) is 6. The summed E-state index contributed by atoms with van der Waals surface area (Å²) in [6.07, 6.45) is 5.77. The molecule has 4 rings (SSSR count). The number of benzene rings is 1. The van der Waals surface area contributed by atoms with E-state index in [9.17, 15) is 0 Å². The maximum atomic E-state index is 4.97. The number of hydrogen-bond donors (Lipinski definition) is 0. The molecule has 0 unspecified atom stereocenters. The van der Waals surface area contributed by atoms with Gasteiger partial charge in [-0.25, -0.2) is 9.97 Å². The number of thioether (sulfide) groups is 1. The standard InChI is InChI=1S/C20H23N5S/c1-24(2)17-12-25(13-18(17)26-3)20-15-6-4-5-7-16(15)22-19(23-20)14-8-10-21-11-9-14/h4-11,17-18H,12-13H2,1-3H3/t17-,18+/m1/s1. The van der Waals surface area contributed by atoms with Crippen LogP contribution >= 0.6 is 11.8 Å². The van der Waals surface area contributed by atoms with Gasteiger partial charge in [-0.15, -0.1) is 0 Å². The molecule has 134 valence electrons. The van der Waals surface area contributed by atoms with Gasteiger partial charge < -0.3 is 9.80 Å². The van der Waals surface area contributed by atoms with Crippen LogP contribution in [0.15, 0.2) is 48.8 Å². The molecule has 6 heteroatoms. The number of likely N-dealkylation sites (N-methyl/N-ethyl adjacent to an activating group) is 1. The van der Waals surface area contributed by atoms with Crippen LogP contribution in [-0.2, 0) is 0 Å². The fourth-order valence-corrected chi connectivity index (χ4v) is 4.56. The van der Waals surface area contributed by atoms with Crippen LogP contribution in [0.3, 0.4) is 0 Å². The van der Waals surface area contributed by atoms with Crippen LogP contribution in [-0.4, -0.2) is 64.6 Å². The number of nitrogens with zero attached hydrogens (tertiary/aromatic N) is 5. The van der Waals surface area contributed by atoms with Crippen LogP contribution in [0.1, 0.15) is 0 Å². The average molecular weight is 366 g/mol. The van der Waals surface area contributed by atoms with Crippen molar-refractivity contribution in [3.8, 4) is 11.4 Å². The Hall–Kier alpha value is -2.18. The fourth-order valence-electron chi connectivity index (χ4n) is 3.59. The molecule has 2 aromatic heterocycles. The van der Waals surface area contributed by atoms with E-state index in [1.54, 1.807) is 12.4 Å². The van der Waals surface area contributed by atoms with E-state index in [4.69, 9.17) is 9.97 Å². The van der Waals surface area contributed by atoms with Crippen LogP contribution < -0.4 is 4.90 Å². The first kappa shape index (κ1) is 17.2. The third kappa shape index (κ3) is 3.15. The predicted octanol–water partition coefficient (Wildman–Crippen LogP) is 3.17. The van der Waals surface area contributed by atoms with Crippen molar-refractivity contribution in [2.24, 2.45) is 0 Å². The summed E-state index contributed by atoms with van der Waals surface area (Å²) >= 11 is 1.94. The van der Waals surface area contributed by atoms with Crippen LogP contribution in [0, 0.1) is 0 Å². The third-order valence-corrected chi connectivity index (χ3v) is 6.09. The highest BCUT2D eigenvalue weighted by atomic mass is 32.2. The highest BCUT2D eigenvalue weighted by Gasteiger charge is 2.35. The van der Waals surface area contributed by atoms with Crippen LogP contribution in [0.25, 0.3) is 22.3 Å². The van der Waals surface area contributed by atoms with Crippen molar-refractivity contribution >= 4 is 28.5 Å². The summed E-state index contributed by atoms with van der Waals surface area (Å²) in [5.74, 6) is 1.79. The molecule has 26 heavy (non-hydrogen) atoms. The molecular formula is C20H23N5S. The Morgan fingerprint density at radius 1 is 1.04 bits per heavy atom. The lowest BCUT2D eigenvalue weighted by Gasteiger charge is -2.23. The molecule has 0 N–H and O–H groups in total. The van der Waals surface area contributed by atoms with E-state index in [2.05, 4.69) is 53.3 Å². The van der Waals surface area contributed by atoms with E-state index in [1.165, 1.54) is 0 Å². The van der Waals surface area contributed by atoms with Gasteiger partial charge in [-0.3, -0.25) is 4.98 Å². The lowest BCUT2D eigenvalue weighted by Crippen LogP contribution is -2.36. The van der Waals surface area contributed by atoms with Crippen LogP contribution in [0.2, 0.25) is 0 Å². The second-order valence-electron chi connectivity index (χ2n) is 6.83. The van der Waals surface area contributed by atoms with Crippen LogP contribution in [0.5, 0.6) is 0 Å². The van der Waals surface area contributed by atoms with Gasteiger partial charge in [0.2, 0.25) is 0 Å². The molecule has 2 atom stereocenters. The highest BCUT2D eigenvalue weighted by Crippen LogP contribution is 2.33. The molecule has 1 aliphatic heterocycles. The zero-order valence-electron chi connectivity index (χ0n) is 15.3. The summed E-state index contributed by atoms with van der Waals surface area (Å²) in [7, 11) is 4.33. The van der Waals surface area contributed by atoms with Gasteiger partial charge >= 0.3 is 0 Å². The molecular weight excluding hydrogens is 342 g/mol. The summed E-state index contributed by atoms with van der Waals surface area (Å²) in [5.41, 5.74) is 1.98. The van der Waals surface area contributed by atoms with Gasteiger partial charge in [0.05, 0.1) is 5.52 Å². The maximum absolute atomic E-state index is 4.97. The third-order valence-electron chi connectivity index (χ3n) is 5.02. The Labute approximate surface area is 158 Å². The average Bonchev–Trinajstić information content (AvgIpc) is 3.12. The van der Waals surface area contributed by atoms with E-state index in [1.807, 2.05) is 30.0 Å². The number of fused-ring (bicyclic) bond motifs is 1. The second-order valence-corrected chi connectivity index (χ2v) is 7.91. The summed E-state index contributed by atoms with van der Waals surface area (Å²) in [5, 5.41) is 1.69. The molecule has 3 aromatic rings. The number of rotatable bonds is 4. The molecule has 1 saturated heterocycles. The number of pyridine rings is 1. The molecule has 3 heterocycles. The molecule has 1 fully saturated rings. The normalized spacial score (nSPS) is 20.2. The van der Waals surface area contributed by atoms with E-state index in [0.29, 0.717) is 11.3 Å². The number of anilines is 1. The molecule has 0 bridgehead atoms. The van der Waals surface area contributed by atoms with Gasteiger partial charge in [0, 0.05) is 47.7 Å². The van der Waals surface area contributed by atoms with Gasteiger partial charge in [-0.05, 0) is 44.6 Å². The van der Waals surface area contributed by atoms with Crippen molar-refractivity contribution in [3.63, 3.8) is 0 Å². The lowest BCUT2D eigenvalue weighted by atomic mass is 10.2. The van der Waals surface area contributed by atoms with E-state index < -0.39 is 0 Å². The van der Waals surface area contributed by atoms with E-state index >= 15 is 0 Å². The van der Waals surface area contributed by atoms with Gasteiger partial charge in [0.1, 0.15) is 5.82 Å². The zero-order valence-corrected chi connectivity index (χ0v) is 16.1. The number of para-hydroxylation sites is 1. The Balaban J connectivity index is 1.81. The Morgan fingerprint density at radius 3 is 2.50 bits per heavy atom. The summed E-state index contributed by atoms with van der Waals surface area (Å²) in [6.45, 7) is 1.98. The lowest BCUT2D eigenvalue weighted by molar-refractivity contribution is 0.320. The minimum absolute atomic E-state index is 0.517. The maximum Gasteiger partial charge on any atom is 0.162 e. The SMILES string of the molecule is CS[C@H]1CN(c2nc(-c3ccncc3)nc3ccccc23)C[C@H]1N(C)C. The zero-order chi connectivity index (χ0) is 18.1. The first-order valence-corrected chi connectivity index (χ1v) is 10.1.